The maximum Gasteiger partial charge on any atom is 0.0935 e. The number of rotatable bonds is 0. The smallest absolute Gasteiger partial charge is 0.0935 e. The zero-order valence-corrected chi connectivity index (χ0v) is 2.36. The van der Waals surface area contributed by atoms with Crippen LogP contribution in [0.1, 0.15) is 12.8 Å². The molecule has 4 heavy (non-hydrogen) atoms. The largest absolute Gasteiger partial charge is 0.387 e. The molecule has 0 atom stereocenters. The van der Waals surface area contributed by atoms with Crippen LogP contribution in [0, 0.1) is 6.10 Å². The summed E-state index contributed by atoms with van der Waals surface area (Å²) in [5.74, 6) is 0. The molecule has 0 saturated heterocycles. The second kappa shape index (κ2) is 0.462. The van der Waals surface area contributed by atoms with Gasteiger partial charge in [-0.1, -0.05) is 0 Å². The highest BCUT2D eigenvalue weighted by atomic mass is 16.3. The van der Waals surface area contributed by atoms with E-state index in [0.717, 1.165) is 12.8 Å². The van der Waals surface area contributed by atoms with Crippen LogP contribution >= 0.6 is 0 Å². The minimum atomic E-state index is 0.667. The van der Waals surface area contributed by atoms with E-state index < -0.39 is 0 Å². The highest BCUT2D eigenvalue weighted by Gasteiger charge is 2.17. The van der Waals surface area contributed by atoms with Crippen molar-refractivity contribution in [3.63, 3.8) is 0 Å². The Balaban J connectivity index is 2.17. The Morgan fingerprint density at radius 1 is 1.50 bits per heavy atom. The molecule has 0 aromatic heterocycles. The molecular weight excluding hydrogens is 52.0 g/mol. The minimum absolute atomic E-state index is 0.667. The molecule has 1 fully saturated rings. The van der Waals surface area contributed by atoms with Crippen molar-refractivity contribution in [1.82, 2.24) is 0 Å². The summed E-state index contributed by atoms with van der Waals surface area (Å²) in [4.78, 5) is 0. The molecule has 0 aromatic rings. The molecule has 0 heterocycles. The van der Waals surface area contributed by atoms with E-state index >= 15 is 0 Å². The molecule has 0 amide bonds. The van der Waals surface area contributed by atoms with Crippen molar-refractivity contribution < 1.29 is 5.11 Å². The lowest BCUT2D eigenvalue weighted by atomic mass is 10.9. The Hall–Kier alpha value is -0.0400. The molecule has 1 heteroatoms. The standard InChI is InChI=1S/C3H5O/c4-3-1-2-3/h4H,1-2H2. The number of hydrogen-bond acceptors (Lipinski definition) is 1. The third kappa shape index (κ3) is 0.206. The first-order chi connectivity index (χ1) is 1.89. The van der Waals surface area contributed by atoms with Crippen molar-refractivity contribution >= 4 is 0 Å². The number of hydrogen-bond donors (Lipinski definition) is 1. The molecule has 1 radical (unpaired) electrons. The summed E-state index contributed by atoms with van der Waals surface area (Å²) in [6.07, 6.45) is 2.58. The first-order valence-corrected chi connectivity index (χ1v) is 1.43. The van der Waals surface area contributed by atoms with Crippen LogP contribution in [-0.2, 0) is 0 Å². The molecule has 0 unspecified atom stereocenters. The molecule has 1 aliphatic rings. The van der Waals surface area contributed by atoms with Crippen LogP contribution < -0.4 is 0 Å². The fourth-order valence-electron chi connectivity index (χ4n) is 0.0559. The van der Waals surface area contributed by atoms with Gasteiger partial charge in [0.1, 0.15) is 0 Å². The third-order valence-electron chi connectivity index (χ3n) is 0.474. The second-order valence-corrected chi connectivity index (χ2v) is 1.07. The normalized spacial score (nSPS) is 26.2. The van der Waals surface area contributed by atoms with Gasteiger partial charge in [0, 0.05) is 0 Å². The van der Waals surface area contributed by atoms with Crippen molar-refractivity contribution in [2.75, 3.05) is 0 Å². The van der Waals surface area contributed by atoms with Crippen LogP contribution in [0.5, 0.6) is 0 Å². The lowest BCUT2D eigenvalue weighted by Gasteiger charge is -1.55. The van der Waals surface area contributed by atoms with Crippen molar-refractivity contribution in [3.05, 3.63) is 6.10 Å². The molecule has 1 aliphatic carbocycles. The van der Waals surface area contributed by atoms with Crippen LogP contribution in [0.15, 0.2) is 0 Å². The molecule has 1 saturated carbocycles. The van der Waals surface area contributed by atoms with Crippen molar-refractivity contribution in [3.8, 4) is 0 Å². The van der Waals surface area contributed by atoms with E-state index in [0.29, 0.717) is 6.10 Å². The van der Waals surface area contributed by atoms with Gasteiger partial charge in [0.25, 0.3) is 0 Å². The SMILES string of the molecule is O[C]1CC1. The van der Waals surface area contributed by atoms with Gasteiger partial charge >= 0.3 is 0 Å². The molecule has 0 spiro atoms. The monoisotopic (exact) mass is 57.0 g/mol. The molecule has 1 N–H and O–H groups in total. The van der Waals surface area contributed by atoms with E-state index in [4.69, 9.17) is 5.11 Å². The van der Waals surface area contributed by atoms with Gasteiger partial charge in [0.2, 0.25) is 0 Å². The molecule has 0 aliphatic heterocycles. The van der Waals surface area contributed by atoms with E-state index in [-0.39, 0.29) is 0 Å². The Labute approximate surface area is 25.3 Å². The quantitative estimate of drug-likeness (QED) is 0.433. The van der Waals surface area contributed by atoms with E-state index in [1.807, 2.05) is 0 Å². The lowest BCUT2D eigenvalue weighted by molar-refractivity contribution is 0.376. The van der Waals surface area contributed by atoms with Crippen molar-refractivity contribution in [2.45, 2.75) is 12.8 Å². The van der Waals surface area contributed by atoms with Gasteiger partial charge in [-0.15, -0.1) is 0 Å². The summed E-state index contributed by atoms with van der Waals surface area (Å²) < 4.78 is 0. The average Bonchev–Trinajstić information content (AvgIpc) is 1.75. The first kappa shape index (κ1) is 2.21. The topological polar surface area (TPSA) is 20.2 Å². The van der Waals surface area contributed by atoms with Gasteiger partial charge in [-0.05, 0) is 12.8 Å². The van der Waals surface area contributed by atoms with E-state index in [1.165, 1.54) is 0 Å². The summed E-state index contributed by atoms with van der Waals surface area (Å²) >= 11 is 0. The van der Waals surface area contributed by atoms with Crippen LogP contribution in [0.3, 0.4) is 0 Å². The molecule has 23 valence electrons. The van der Waals surface area contributed by atoms with Crippen molar-refractivity contribution in [1.29, 1.82) is 0 Å². The predicted molar refractivity (Wildman–Crippen MR) is 14.4 cm³/mol. The van der Waals surface area contributed by atoms with Gasteiger partial charge in [0.05, 0.1) is 6.10 Å². The van der Waals surface area contributed by atoms with Gasteiger partial charge in [-0.25, -0.2) is 0 Å². The highest BCUT2D eigenvalue weighted by Crippen LogP contribution is 2.26. The lowest BCUT2D eigenvalue weighted by Crippen LogP contribution is -1.50. The van der Waals surface area contributed by atoms with Crippen LogP contribution in [-0.4, -0.2) is 5.11 Å². The van der Waals surface area contributed by atoms with Gasteiger partial charge in [-0.3, -0.25) is 0 Å². The van der Waals surface area contributed by atoms with Crippen molar-refractivity contribution in [2.24, 2.45) is 0 Å². The fraction of sp³-hybridized carbons (Fsp3) is 0.667. The summed E-state index contributed by atoms with van der Waals surface area (Å²) in [6, 6.07) is 0. The Morgan fingerprint density at radius 2 is 1.75 bits per heavy atom. The highest BCUT2D eigenvalue weighted by molar-refractivity contribution is 4.91. The summed E-state index contributed by atoms with van der Waals surface area (Å²) in [5.41, 5.74) is 0. The maximum atomic E-state index is 8.08. The predicted octanol–water partition coefficient (Wildman–Crippen LogP) is 0.685. The zero-order chi connectivity index (χ0) is 2.99. The van der Waals surface area contributed by atoms with Gasteiger partial charge < -0.3 is 5.11 Å². The molecule has 1 rings (SSSR count). The molecular formula is C3H5O. The number of aliphatic hydroxyl groups excluding tert-OH is 1. The fourth-order valence-corrected chi connectivity index (χ4v) is 0.0559. The van der Waals surface area contributed by atoms with Gasteiger partial charge in [-0.2, -0.15) is 0 Å². The summed E-state index contributed by atoms with van der Waals surface area (Å²) in [5, 5.41) is 8.08. The number of aliphatic hydroxyl groups is 1. The van der Waals surface area contributed by atoms with Crippen LogP contribution in [0.25, 0.3) is 0 Å². The van der Waals surface area contributed by atoms with E-state index in [2.05, 4.69) is 0 Å². The average molecular weight is 57.1 g/mol. The molecule has 0 aromatic carbocycles. The van der Waals surface area contributed by atoms with Gasteiger partial charge in [0.15, 0.2) is 0 Å². The summed E-state index contributed by atoms with van der Waals surface area (Å²) in [6.45, 7) is 0. The first-order valence-electron chi connectivity index (χ1n) is 1.43. The Kier molecular flexibility index (Phi) is 0.256. The zero-order valence-electron chi connectivity index (χ0n) is 2.36. The van der Waals surface area contributed by atoms with Crippen LogP contribution in [0.2, 0.25) is 0 Å². The Bertz CT molecular complexity index is 22.5. The second-order valence-electron chi connectivity index (χ2n) is 1.07. The molecule has 1 nitrogen and oxygen atoms in total. The Morgan fingerprint density at radius 3 is 1.75 bits per heavy atom. The molecule has 0 bridgehead atoms. The summed E-state index contributed by atoms with van der Waals surface area (Å²) in [7, 11) is 0. The maximum absolute atomic E-state index is 8.08. The third-order valence-corrected chi connectivity index (χ3v) is 0.474. The van der Waals surface area contributed by atoms with E-state index in [1.54, 1.807) is 0 Å². The van der Waals surface area contributed by atoms with E-state index in [9.17, 15) is 0 Å². The van der Waals surface area contributed by atoms with Crippen LogP contribution in [0.4, 0.5) is 0 Å². The minimum Gasteiger partial charge on any atom is -0.387 e.